The van der Waals surface area contributed by atoms with Crippen LogP contribution < -0.4 is 19.7 Å². The molecule has 5 aromatic rings. The summed E-state index contributed by atoms with van der Waals surface area (Å²) in [4.78, 5) is 40.6. The molecule has 0 radical (unpaired) electrons. The van der Waals surface area contributed by atoms with Gasteiger partial charge in [-0.25, -0.2) is 18.1 Å². The largest absolute Gasteiger partial charge is 0.455 e. The average molecular weight is 975 g/mol. The number of anilines is 2. The molecule has 0 bridgehead atoms. The summed E-state index contributed by atoms with van der Waals surface area (Å²) in [5.74, 6) is 0.216. The molecule has 2 aliphatic carbocycles. The van der Waals surface area contributed by atoms with Crippen molar-refractivity contribution in [1.82, 2.24) is 24.5 Å². The summed E-state index contributed by atoms with van der Waals surface area (Å²) in [5, 5.41) is 26.5. The molecule has 3 saturated heterocycles. The number of ether oxygens (including phenoxy) is 2. The lowest BCUT2D eigenvalue weighted by Crippen LogP contribution is -2.61. The van der Waals surface area contributed by atoms with Crippen LogP contribution in [0.4, 0.5) is 17.1 Å². The first kappa shape index (κ1) is 48.1. The Morgan fingerprint density at radius 2 is 1.77 bits per heavy atom. The van der Waals surface area contributed by atoms with Crippen LogP contribution in [-0.2, 0) is 14.8 Å². The van der Waals surface area contributed by atoms with E-state index in [1.165, 1.54) is 23.3 Å². The first-order valence-corrected chi connectivity index (χ1v) is 26.6. The molecular formula is C53H66N8O8S. The maximum Gasteiger partial charge on any atom is 0.293 e. The summed E-state index contributed by atoms with van der Waals surface area (Å²) in [7, 11) is -4.58. The summed E-state index contributed by atoms with van der Waals surface area (Å²) in [5.41, 5.74) is 3.69. The van der Waals surface area contributed by atoms with Crippen molar-refractivity contribution >= 4 is 44.0 Å². The van der Waals surface area contributed by atoms with Gasteiger partial charge in [-0.2, -0.15) is 0 Å². The first-order chi connectivity index (χ1) is 33.6. The number of nitro benzene ring substituents is 1. The lowest BCUT2D eigenvalue weighted by molar-refractivity contribution is -0.384. The normalized spacial score (nSPS) is 24.5. The molecule has 5 aliphatic rings. The van der Waals surface area contributed by atoms with Gasteiger partial charge in [-0.1, -0.05) is 38.1 Å². The van der Waals surface area contributed by atoms with Gasteiger partial charge >= 0.3 is 0 Å². The number of aromatic amines is 1. The number of fused-ring (bicyclic) bond motifs is 1. The van der Waals surface area contributed by atoms with E-state index in [1.807, 2.05) is 19.1 Å². The fourth-order valence-electron chi connectivity index (χ4n) is 11.9. The molecule has 2 atom stereocenters. The van der Waals surface area contributed by atoms with E-state index in [9.17, 15) is 28.4 Å². The standard InChI is InChI=1S/C53H66N8O8S/c1-35(2)43-6-4-5-7-44(43)48-33-59(39-15-25-68-34-39)23-24-60(48)40-29-53(30-40)18-21-58(22-19-53)38-8-10-45(49(27-38)69-41-26-37-14-20-54-50(37)56-32-41)51(62)57-70(66,67)42-9-11-46(47(28-42)61(64)65)55-31-36-12-16-52(3,63)17-13-36/h4-11,14,20,26-28,32,35-36,39-40,48,55,63H,12-13,15-19,21-25,29-31,33-34H2,1-3H3,(H,54,56)(H,57,62)/t36-,39?,48?,52-. The third-order valence-electron chi connectivity index (χ3n) is 16.1. The van der Waals surface area contributed by atoms with Crippen molar-refractivity contribution < 1.29 is 32.7 Å². The molecular weight excluding hydrogens is 909 g/mol. The molecule has 4 N–H and O–H groups in total. The topological polar surface area (TPSA) is 195 Å². The zero-order chi connectivity index (χ0) is 48.8. The number of amides is 1. The molecule has 1 spiro atoms. The number of carbonyl (C=O) groups is 1. The predicted molar refractivity (Wildman–Crippen MR) is 269 cm³/mol. The van der Waals surface area contributed by atoms with Crippen LogP contribution in [0.15, 0.2) is 90.1 Å². The van der Waals surface area contributed by atoms with Crippen LogP contribution in [0.3, 0.4) is 0 Å². The molecule has 372 valence electrons. The van der Waals surface area contributed by atoms with Crippen molar-refractivity contribution in [1.29, 1.82) is 0 Å². The Morgan fingerprint density at radius 3 is 2.51 bits per heavy atom. The van der Waals surface area contributed by atoms with Crippen molar-refractivity contribution in [3.05, 3.63) is 112 Å². The van der Waals surface area contributed by atoms with Gasteiger partial charge in [-0.05, 0) is 129 Å². The number of H-pyrrole nitrogens is 1. The van der Waals surface area contributed by atoms with Gasteiger partial charge in [0.25, 0.3) is 21.6 Å². The van der Waals surface area contributed by atoms with Crippen molar-refractivity contribution in [3.8, 4) is 11.5 Å². The third-order valence-corrected chi connectivity index (χ3v) is 17.5. The third kappa shape index (κ3) is 10.1. The van der Waals surface area contributed by atoms with Crippen LogP contribution in [0.1, 0.15) is 112 Å². The van der Waals surface area contributed by atoms with Crippen molar-refractivity contribution in [2.75, 3.05) is 62.7 Å². The average Bonchev–Trinajstić information content (AvgIpc) is 4.06. The Hall–Kier alpha value is -5.59. The number of nitrogens with one attached hydrogen (secondary N) is 3. The fraction of sp³-hybridized carbons (Fsp3) is 0.509. The number of aromatic nitrogens is 2. The van der Waals surface area contributed by atoms with Crippen molar-refractivity contribution in [2.45, 2.75) is 113 Å². The van der Waals surface area contributed by atoms with Crippen LogP contribution in [-0.4, -0.2) is 114 Å². The summed E-state index contributed by atoms with van der Waals surface area (Å²) in [6.07, 6.45) is 11.6. The van der Waals surface area contributed by atoms with E-state index in [4.69, 9.17) is 9.47 Å². The monoisotopic (exact) mass is 974 g/mol. The molecule has 1 amide bonds. The van der Waals surface area contributed by atoms with Gasteiger partial charge in [0, 0.05) is 93.4 Å². The van der Waals surface area contributed by atoms with Gasteiger partial charge in [0.15, 0.2) is 0 Å². The van der Waals surface area contributed by atoms with E-state index >= 15 is 0 Å². The van der Waals surface area contributed by atoms with Gasteiger partial charge in [0.2, 0.25) is 0 Å². The number of hydrogen-bond acceptors (Lipinski definition) is 13. The minimum Gasteiger partial charge on any atom is -0.455 e. The Balaban J connectivity index is 0.835. The minimum absolute atomic E-state index is 0.0230. The molecule has 70 heavy (non-hydrogen) atoms. The van der Waals surface area contributed by atoms with E-state index in [1.54, 1.807) is 30.6 Å². The number of aliphatic hydroxyl groups is 1. The number of rotatable bonds is 14. The molecule has 2 saturated carbocycles. The van der Waals surface area contributed by atoms with Crippen LogP contribution in [0.2, 0.25) is 0 Å². The number of nitrogens with zero attached hydrogens (tertiary/aromatic N) is 5. The first-order valence-electron chi connectivity index (χ1n) is 25.1. The van der Waals surface area contributed by atoms with E-state index < -0.39 is 37.0 Å². The molecule has 16 nitrogen and oxygen atoms in total. The quantitative estimate of drug-likeness (QED) is 0.0610. The second kappa shape index (κ2) is 19.5. The van der Waals surface area contributed by atoms with Crippen molar-refractivity contribution in [3.63, 3.8) is 0 Å². The number of hydrogen-bond donors (Lipinski definition) is 4. The zero-order valence-corrected chi connectivity index (χ0v) is 41.3. The van der Waals surface area contributed by atoms with E-state index in [-0.39, 0.29) is 28.3 Å². The molecule has 2 unspecified atom stereocenters. The fourth-order valence-corrected chi connectivity index (χ4v) is 12.9. The van der Waals surface area contributed by atoms with Gasteiger partial charge in [-0.3, -0.25) is 24.7 Å². The molecule has 10 rings (SSSR count). The van der Waals surface area contributed by atoms with E-state index in [0.717, 1.165) is 108 Å². The van der Waals surface area contributed by atoms with Gasteiger partial charge in [-0.15, -0.1) is 0 Å². The number of piperazine rings is 1. The number of pyridine rings is 1. The second-order valence-electron chi connectivity index (χ2n) is 21.2. The summed E-state index contributed by atoms with van der Waals surface area (Å²) in [6, 6.07) is 22.8. The smallest absolute Gasteiger partial charge is 0.293 e. The number of sulfonamides is 1. The maximum atomic E-state index is 14.1. The maximum absolute atomic E-state index is 14.1. The summed E-state index contributed by atoms with van der Waals surface area (Å²) >= 11 is 0. The van der Waals surface area contributed by atoms with Gasteiger partial charge in [0.05, 0.1) is 33.8 Å². The molecule has 17 heteroatoms. The predicted octanol–water partition coefficient (Wildman–Crippen LogP) is 8.76. The number of carbonyl (C=O) groups excluding carboxylic acids is 1. The summed E-state index contributed by atoms with van der Waals surface area (Å²) < 4.78 is 42.0. The van der Waals surface area contributed by atoms with E-state index in [0.29, 0.717) is 54.8 Å². The number of nitro groups is 1. The minimum atomic E-state index is -4.58. The van der Waals surface area contributed by atoms with Crippen LogP contribution in [0.5, 0.6) is 11.5 Å². The molecule has 5 fully saturated rings. The lowest BCUT2D eigenvalue weighted by Gasteiger charge is -2.58. The molecule has 3 aromatic carbocycles. The van der Waals surface area contributed by atoms with Crippen LogP contribution in [0, 0.1) is 21.4 Å². The van der Waals surface area contributed by atoms with Gasteiger partial charge < -0.3 is 29.8 Å². The zero-order valence-electron chi connectivity index (χ0n) is 40.4. The molecule has 3 aliphatic heterocycles. The highest BCUT2D eigenvalue weighted by Crippen LogP contribution is 2.53. The van der Waals surface area contributed by atoms with Gasteiger partial charge in [0.1, 0.15) is 22.8 Å². The van der Waals surface area contributed by atoms with Crippen LogP contribution in [0.25, 0.3) is 11.0 Å². The number of piperidine rings is 1. The Kier molecular flexibility index (Phi) is 13.4. The highest BCUT2D eigenvalue weighted by Gasteiger charge is 2.50. The highest BCUT2D eigenvalue weighted by molar-refractivity contribution is 7.90. The Bertz CT molecular complexity index is 2820. The number of benzene rings is 3. The Morgan fingerprint density at radius 1 is 0.986 bits per heavy atom. The lowest BCUT2D eigenvalue weighted by atomic mass is 9.59. The van der Waals surface area contributed by atoms with E-state index in [2.05, 4.69) is 72.8 Å². The SMILES string of the molecule is CC(C)c1ccccc1C1CN(C2CCOC2)CCN1C1CC2(CCN(c3ccc(C(=O)NS(=O)(=O)c4ccc(NC[C@H]5CC[C@](C)(O)CC5)c([N+](=O)[O-])c4)c(Oc4cnc5[nH]ccc5c4)c3)CC2)C1. The summed E-state index contributed by atoms with van der Waals surface area (Å²) in [6.45, 7) is 13.3. The second-order valence-corrected chi connectivity index (χ2v) is 22.8. The van der Waals surface area contributed by atoms with Crippen LogP contribution >= 0.6 is 0 Å². The molecule has 2 aromatic heterocycles. The molecule has 5 heterocycles. The highest BCUT2D eigenvalue weighted by atomic mass is 32.2. The Labute approximate surface area is 410 Å². The van der Waals surface area contributed by atoms with Crippen molar-refractivity contribution in [2.24, 2.45) is 11.3 Å².